The van der Waals surface area contributed by atoms with E-state index in [9.17, 15) is 4.79 Å². The van der Waals surface area contributed by atoms with Gasteiger partial charge in [0.25, 0.3) is 0 Å². The molecule has 104 valence electrons. The van der Waals surface area contributed by atoms with Gasteiger partial charge in [0.15, 0.2) is 6.29 Å². The molecule has 0 radical (unpaired) electrons. The third-order valence-electron chi connectivity index (χ3n) is 3.04. The Kier molecular flexibility index (Phi) is 5.85. The Bertz CT molecular complexity index is 385. The Morgan fingerprint density at radius 1 is 1.21 bits per heavy atom. The molecule has 4 nitrogen and oxygen atoms in total. The number of hydrogen-bond donors (Lipinski definition) is 0. The summed E-state index contributed by atoms with van der Waals surface area (Å²) in [6.07, 6.45) is 4.97. The highest BCUT2D eigenvalue weighted by Gasteiger charge is 2.14. The maximum atomic E-state index is 10.6. The van der Waals surface area contributed by atoms with Gasteiger partial charge in [-0.25, -0.2) is 0 Å². The molecular weight excluding hydrogens is 244 g/mol. The molecule has 0 aliphatic carbocycles. The molecule has 0 aromatic heterocycles. The van der Waals surface area contributed by atoms with Crippen LogP contribution in [0.4, 0.5) is 0 Å². The van der Waals surface area contributed by atoms with E-state index in [2.05, 4.69) is 0 Å². The fraction of sp³-hybridized carbons (Fsp3) is 0.533. The Hall–Kier alpha value is -1.39. The molecular formula is C15H20O4. The molecule has 1 fully saturated rings. The lowest BCUT2D eigenvalue weighted by Crippen LogP contribution is -2.07. The molecule has 0 unspecified atom stereocenters. The van der Waals surface area contributed by atoms with Crippen molar-refractivity contribution in [1.29, 1.82) is 0 Å². The van der Waals surface area contributed by atoms with Crippen LogP contribution >= 0.6 is 0 Å². The second kappa shape index (κ2) is 7.92. The second-order valence-electron chi connectivity index (χ2n) is 4.56. The van der Waals surface area contributed by atoms with Crippen molar-refractivity contribution in [2.24, 2.45) is 0 Å². The summed E-state index contributed by atoms with van der Waals surface area (Å²) in [7, 11) is 0. The third-order valence-corrected chi connectivity index (χ3v) is 3.04. The van der Waals surface area contributed by atoms with E-state index >= 15 is 0 Å². The number of aldehydes is 1. The van der Waals surface area contributed by atoms with Crippen molar-refractivity contribution in [3.63, 3.8) is 0 Å². The average Bonchev–Trinajstić information content (AvgIpc) is 2.96. The lowest BCUT2D eigenvalue weighted by Gasteiger charge is -2.09. The molecule has 1 aliphatic rings. The molecule has 1 saturated heterocycles. The van der Waals surface area contributed by atoms with Crippen molar-refractivity contribution in [3.05, 3.63) is 29.8 Å². The second-order valence-corrected chi connectivity index (χ2v) is 4.56. The van der Waals surface area contributed by atoms with Crippen molar-refractivity contribution >= 4 is 6.29 Å². The summed E-state index contributed by atoms with van der Waals surface area (Å²) in [5.74, 6) is 0.757. The number of ether oxygens (including phenoxy) is 3. The van der Waals surface area contributed by atoms with Crippen LogP contribution in [0.15, 0.2) is 24.3 Å². The Labute approximate surface area is 113 Å². The number of benzene rings is 1. The molecule has 2 rings (SSSR count). The van der Waals surface area contributed by atoms with Crippen molar-refractivity contribution < 1.29 is 19.0 Å². The van der Waals surface area contributed by atoms with Crippen LogP contribution < -0.4 is 4.74 Å². The number of unbranched alkanes of at least 4 members (excludes halogenated alkanes) is 2. The van der Waals surface area contributed by atoms with Crippen LogP contribution in [0.1, 0.15) is 36.0 Å². The van der Waals surface area contributed by atoms with Crippen LogP contribution in [0.25, 0.3) is 0 Å². The van der Waals surface area contributed by atoms with E-state index in [1.54, 1.807) is 12.1 Å². The molecule has 1 aromatic rings. The topological polar surface area (TPSA) is 44.8 Å². The summed E-state index contributed by atoms with van der Waals surface area (Å²) in [5.41, 5.74) is 0.646. The minimum Gasteiger partial charge on any atom is -0.494 e. The minimum atomic E-state index is 0.00481. The van der Waals surface area contributed by atoms with Gasteiger partial charge >= 0.3 is 0 Å². The molecule has 0 bridgehead atoms. The van der Waals surface area contributed by atoms with Crippen LogP contribution in [0.3, 0.4) is 0 Å². The van der Waals surface area contributed by atoms with Gasteiger partial charge in [-0.2, -0.15) is 0 Å². The summed E-state index contributed by atoms with van der Waals surface area (Å²) < 4.78 is 16.3. The highest BCUT2D eigenvalue weighted by Crippen LogP contribution is 2.14. The van der Waals surface area contributed by atoms with E-state index in [0.717, 1.165) is 50.9 Å². The predicted octanol–water partition coefficient (Wildman–Crippen LogP) is 2.81. The molecule has 0 saturated carbocycles. The van der Waals surface area contributed by atoms with Gasteiger partial charge in [-0.1, -0.05) is 12.1 Å². The van der Waals surface area contributed by atoms with Gasteiger partial charge in [-0.15, -0.1) is 0 Å². The number of carbonyl (C=O) groups excluding carboxylic acids is 1. The van der Waals surface area contributed by atoms with Gasteiger partial charge in [0, 0.05) is 5.56 Å². The van der Waals surface area contributed by atoms with Gasteiger partial charge < -0.3 is 14.2 Å². The molecule has 0 N–H and O–H groups in total. The van der Waals surface area contributed by atoms with Gasteiger partial charge in [0.2, 0.25) is 0 Å². The molecule has 19 heavy (non-hydrogen) atoms. The van der Waals surface area contributed by atoms with E-state index in [1.165, 1.54) is 0 Å². The van der Waals surface area contributed by atoms with Gasteiger partial charge in [-0.3, -0.25) is 4.79 Å². The first-order valence-corrected chi connectivity index (χ1v) is 6.80. The SMILES string of the molecule is O=Cc1cccc(OCCCCCC2OCCO2)c1. The normalized spacial score (nSPS) is 15.6. The summed E-state index contributed by atoms with van der Waals surface area (Å²) in [5, 5.41) is 0. The van der Waals surface area contributed by atoms with Crippen molar-refractivity contribution in [2.45, 2.75) is 32.0 Å². The van der Waals surface area contributed by atoms with Gasteiger partial charge in [-0.05, 0) is 37.8 Å². The lowest BCUT2D eigenvalue weighted by molar-refractivity contribution is -0.0480. The van der Waals surface area contributed by atoms with E-state index in [1.807, 2.05) is 12.1 Å². The zero-order valence-corrected chi connectivity index (χ0v) is 11.0. The largest absolute Gasteiger partial charge is 0.494 e. The zero-order valence-electron chi connectivity index (χ0n) is 11.0. The van der Waals surface area contributed by atoms with E-state index in [0.29, 0.717) is 12.2 Å². The summed E-state index contributed by atoms with van der Waals surface area (Å²) in [6.45, 7) is 2.12. The molecule has 0 amide bonds. The molecule has 4 heteroatoms. The third kappa shape index (κ3) is 5.01. The summed E-state index contributed by atoms with van der Waals surface area (Å²) in [6, 6.07) is 7.22. The average molecular weight is 264 g/mol. The van der Waals surface area contributed by atoms with Gasteiger partial charge in [0.1, 0.15) is 12.0 Å². The maximum Gasteiger partial charge on any atom is 0.157 e. The standard InChI is InChI=1S/C15H20O4/c16-12-13-5-4-6-14(11-13)17-8-3-1-2-7-15-18-9-10-19-15/h4-6,11-12,15H,1-3,7-10H2. The summed E-state index contributed by atoms with van der Waals surface area (Å²) >= 11 is 0. The maximum absolute atomic E-state index is 10.6. The zero-order chi connectivity index (χ0) is 13.3. The smallest absolute Gasteiger partial charge is 0.157 e. The molecule has 1 heterocycles. The highest BCUT2D eigenvalue weighted by atomic mass is 16.7. The van der Waals surface area contributed by atoms with Crippen molar-refractivity contribution in [3.8, 4) is 5.75 Å². The van der Waals surface area contributed by atoms with Crippen LogP contribution in [0.5, 0.6) is 5.75 Å². The number of carbonyl (C=O) groups is 1. The minimum absolute atomic E-state index is 0.00481. The van der Waals surface area contributed by atoms with Gasteiger partial charge in [0.05, 0.1) is 19.8 Å². The number of hydrogen-bond acceptors (Lipinski definition) is 4. The molecule has 0 spiro atoms. The van der Waals surface area contributed by atoms with E-state index < -0.39 is 0 Å². The Morgan fingerprint density at radius 3 is 2.84 bits per heavy atom. The van der Waals surface area contributed by atoms with E-state index in [4.69, 9.17) is 14.2 Å². The monoisotopic (exact) mass is 264 g/mol. The summed E-state index contributed by atoms with van der Waals surface area (Å²) in [4.78, 5) is 10.6. The van der Waals surface area contributed by atoms with Crippen LogP contribution in [0.2, 0.25) is 0 Å². The molecule has 1 aliphatic heterocycles. The number of rotatable bonds is 8. The molecule has 0 atom stereocenters. The van der Waals surface area contributed by atoms with Crippen molar-refractivity contribution in [2.75, 3.05) is 19.8 Å². The quantitative estimate of drug-likeness (QED) is 0.535. The van der Waals surface area contributed by atoms with Crippen LogP contribution in [-0.4, -0.2) is 32.4 Å². The fourth-order valence-corrected chi connectivity index (χ4v) is 2.03. The first-order chi connectivity index (χ1) is 9.38. The highest BCUT2D eigenvalue weighted by molar-refractivity contribution is 5.75. The first-order valence-electron chi connectivity index (χ1n) is 6.80. The van der Waals surface area contributed by atoms with Crippen LogP contribution in [0, 0.1) is 0 Å². The lowest BCUT2D eigenvalue weighted by atomic mass is 10.2. The molecule has 1 aromatic carbocycles. The Morgan fingerprint density at radius 2 is 2.05 bits per heavy atom. The van der Waals surface area contributed by atoms with E-state index in [-0.39, 0.29) is 6.29 Å². The predicted molar refractivity (Wildman–Crippen MR) is 71.5 cm³/mol. The van der Waals surface area contributed by atoms with Crippen LogP contribution in [-0.2, 0) is 9.47 Å². The Balaban J connectivity index is 1.54. The fourth-order valence-electron chi connectivity index (χ4n) is 2.03. The van der Waals surface area contributed by atoms with Crippen molar-refractivity contribution in [1.82, 2.24) is 0 Å². The first kappa shape index (κ1) is 14.0.